The van der Waals surface area contributed by atoms with Gasteiger partial charge in [-0.15, -0.1) is 0 Å². The Morgan fingerprint density at radius 1 is 1.25 bits per heavy atom. The van der Waals surface area contributed by atoms with Crippen LogP contribution < -0.4 is 0 Å². The fraction of sp³-hybridized carbons (Fsp3) is 0.250. The highest BCUT2D eigenvalue weighted by Gasteiger charge is 2.30. The van der Waals surface area contributed by atoms with Gasteiger partial charge >= 0.3 is 0 Å². The predicted molar refractivity (Wildman–Crippen MR) is 78.7 cm³/mol. The quantitative estimate of drug-likeness (QED) is 0.843. The van der Waals surface area contributed by atoms with Gasteiger partial charge in [-0.3, -0.25) is 9.78 Å². The number of pyridine rings is 1. The summed E-state index contributed by atoms with van der Waals surface area (Å²) in [4.78, 5) is 18.6. The van der Waals surface area contributed by atoms with Crippen LogP contribution in [0, 0.1) is 0 Å². The SMILES string of the molecule is O=C(c1cccc(Cl)c1)N1CCCC1c1ccncc1. The third kappa shape index (κ3) is 2.54. The molecule has 0 aliphatic carbocycles. The molecule has 4 heteroatoms. The first-order valence-electron chi connectivity index (χ1n) is 6.72. The number of aromatic nitrogens is 1. The minimum atomic E-state index is 0.0480. The van der Waals surface area contributed by atoms with Gasteiger partial charge in [-0.25, -0.2) is 0 Å². The van der Waals surface area contributed by atoms with Crippen molar-refractivity contribution >= 4 is 17.5 Å². The molecule has 3 nitrogen and oxygen atoms in total. The first-order valence-corrected chi connectivity index (χ1v) is 7.10. The molecule has 1 aromatic carbocycles. The van der Waals surface area contributed by atoms with E-state index in [9.17, 15) is 4.79 Å². The summed E-state index contributed by atoms with van der Waals surface area (Å²) in [6, 6.07) is 11.2. The van der Waals surface area contributed by atoms with Gasteiger partial charge in [0.2, 0.25) is 0 Å². The molecule has 20 heavy (non-hydrogen) atoms. The molecule has 2 heterocycles. The number of carbonyl (C=O) groups excluding carboxylic acids is 1. The second kappa shape index (κ2) is 5.63. The van der Waals surface area contributed by atoms with E-state index >= 15 is 0 Å². The number of likely N-dealkylation sites (tertiary alicyclic amines) is 1. The van der Waals surface area contributed by atoms with Crippen LogP contribution in [0.3, 0.4) is 0 Å². The van der Waals surface area contributed by atoms with Crippen LogP contribution in [0.5, 0.6) is 0 Å². The molecule has 3 rings (SSSR count). The summed E-state index contributed by atoms with van der Waals surface area (Å²) in [5.41, 5.74) is 1.80. The highest BCUT2D eigenvalue weighted by atomic mass is 35.5. The largest absolute Gasteiger partial charge is 0.332 e. The summed E-state index contributed by atoms with van der Waals surface area (Å²) in [6.45, 7) is 0.790. The van der Waals surface area contributed by atoms with E-state index in [4.69, 9.17) is 11.6 Å². The molecule has 1 aliphatic heterocycles. The van der Waals surface area contributed by atoms with Gasteiger partial charge in [-0.2, -0.15) is 0 Å². The number of hydrogen-bond acceptors (Lipinski definition) is 2. The van der Waals surface area contributed by atoms with Crippen LogP contribution >= 0.6 is 11.6 Å². The lowest BCUT2D eigenvalue weighted by molar-refractivity contribution is 0.0735. The lowest BCUT2D eigenvalue weighted by Crippen LogP contribution is -2.30. The number of hydrogen-bond donors (Lipinski definition) is 0. The van der Waals surface area contributed by atoms with Crippen LogP contribution in [0.25, 0.3) is 0 Å². The van der Waals surface area contributed by atoms with Crippen LogP contribution in [-0.2, 0) is 0 Å². The van der Waals surface area contributed by atoms with Crippen molar-refractivity contribution in [3.8, 4) is 0 Å². The summed E-state index contributed by atoms with van der Waals surface area (Å²) >= 11 is 5.97. The van der Waals surface area contributed by atoms with Crippen molar-refractivity contribution in [3.05, 3.63) is 64.9 Å². The zero-order chi connectivity index (χ0) is 13.9. The first-order chi connectivity index (χ1) is 9.75. The molecule has 1 atom stereocenters. The lowest BCUT2D eigenvalue weighted by atomic mass is 10.1. The molecular formula is C16H15ClN2O. The smallest absolute Gasteiger partial charge is 0.254 e. The maximum atomic E-state index is 12.6. The number of amides is 1. The van der Waals surface area contributed by atoms with E-state index in [1.807, 2.05) is 29.2 Å². The standard InChI is InChI=1S/C16H15ClN2O/c17-14-4-1-3-13(11-14)16(20)19-10-2-5-15(19)12-6-8-18-9-7-12/h1,3-4,6-9,11,15H,2,5,10H2. The topological polar surface area (TPSA) is 33.2 Å². The molecule has 1 amide bonds. The van der Waals surface area contributed by atoms with Gasteiger partial charge in [0.25, 0.3) is 5.91 Å². The first kappa shape index (κ1) is 13.1. The highest BCUT2D eigenvalue weighted by molar-refractivity contribution is 6.30. The Morgan fingerprint density at radius 2 is 2.05 bits per heavy atom. The summed E-state index contributed by atoms with van der Waals surface area (Å²) < 4.78 is 0. The molecule has 102 valence electrons. The summed E-state index contributed by atoms with van der Waals surface area (Å²) in [5.74, 6) is 0.0480. The molecule has 1 fully saturated rings. The molecule has 2 aromatic rings. The van der Waals surface area contributed by atoms with E-state index in [1.54, 1.807) is 24.5 Å². The number of benzene rings is 1. The highest BCUT2D eigenvalue weighted by Crippen LogP contribution is 2.32. The summed E-state index contributed by atoms with van der Waals surface area (Å²) in [7, 11) is 0. The van der Waals surface area contributed by atoms with Crippen LogP contribution in [-0.4, -0.2) is 22.3 Å². The third-order valence-electron chi connectivity index (χ3n) is 3.68. The number of rotatable bonds is 2. The van der Waals surface area contributed by atoms with E-state index in [0.29, 0.717) is 10.6 Å². The maximum Gasteiger partial charge on any atom is 0.254 e. The average Bonchev–Trinajstić information content (AvgIpc) is 2.97. The minimum Gasteiger partial charge on any atom is -0.332 e. The van der Waals surface area contributed by atoms with Crippen LogP contribution in [0.1, 0.15) is 34.8 Å². The zero-order valence-corrected chi connectivity index (χ0v) is 11.8. The van der Waals surface area contributed by atoms with Gasteiger partial charge in [-0.05, 0) is 48.7 Å². The lowest BCUT2D eigenvalue weighted by Gasteiger charge is -2.25. The average molecular weight is 287 g/mol. The normalized spacial score (nSPS) is 18.2. The van der Waals surface area contributed by atoms with Crippen molar-refractivity contribution < 1.29 is 4.79 Å². The Bertz CT molecular complexity index is 615. The van der Waals surface area contributed by atoms with Crippen molar-refractivity contribution in [3.63, 3.8) is 0 Å². The third-order valence-corrected chi connectivity index (χ3v) is 3.91. The number of carbonyl (C=O) groups is 1. The zero-order valence-electron chi connectivity index (χ0n) is 11.0. The van der Waals surface area contributed by atoms with Gasteiger partial charge in [-0.1, -0.05) is 17.7 Å². The fourth-order valence-electron chi connectivity index (χ4n) is 2.73. The Kier molecular flexibility index (Phi) is 3.70. The van der Waals surface area contributed by atoms with Crippen molar-refractivity contribution in [1.82, 2.24) is 9.88 Å². The van der Waals surface area contributed by atoms with Crippen LogP contribution in [0.4, 0.5) is 0 Å². The minimum absolute atomic E-state index is 0.0480. The van der Waals surface area contributed by atoms with Gasteiger partial charge in [0.1, 0.15) is 0 Å². The van der Waals surface area contributed by atoms with E-state index in [2.05, 4.69) is 4.98 Å². The van der Waals surface area contributed by atoms with E-state index in [0.717, 1.165) is 24.9 Å². The van der Waals surface area contributed by atoms with Crippen molar-refractivity contribution in [2.75, 3.05) is 6.54 Å². The van der Waals surface area contributed by atoms with E-state index < -0.39 is 0 Å². The molecule has 0 radical (unpaired) electrons. The maximum absolute atomic E-state index is 12.6. The van der Waals surface area contributed by atoms with Crippen molar-refractivity contribution in [1.29, 1.82) is 0 Å². The number of halogens is 1. The van der Waals surface area contributed by atoms with Crippen LogP contribution in [0.15, 0.2) is 48.8 Å². The van der Waals surface area contributed by atoms with E-state index in [-0.39, 0.29) is 11.9 Å². The predicted octanol–water partition coefficient (Wildman–Crippen LogP) is 3.71. The molecule has 1 aromatic heterocycles. The van der Waals surface area contributed by atoms with Crippen molar-refractivity contribution in [2.45, 2.75) is 18.9 Å². The second-order valence-electron chi connectivity index (χ2n) is 4.95. The number of nitrogens with zero attached hydrogens (tertiary/aromatic N) is 2. The molecule has 1 unspecified atom stereocenters. The Balaban J connectivity index is 1.87. The Morgan fingerprint density at radius 3 is 2.80 bits per heavy atom. The molecule has 0 bridgehead atoms. The molecular weight excluding hydrogens is 272 g/mol. The second-order valence-corrected chi connectivity index (χ2v) is 5.38. The molecule has 0 saturated carbocycles. The van der Waals surface area contributed by atoms with E-state index in [1.165, 1.54) is 0 Å². The Hall–Kier alpha value is -1.87. The molecule has 0 N–H and O–H groups in total. The molecule has 1 aliphatic rings. The van der Waals surface area contributed by atoms with Crippen LogP contribution in [0.2, 0.25) is 5.02 Å². The van der Waals surface area contributed by atoms with Crippen molar-refractivity contribution in [2.24, 2.45) is 0 Å². The summed E-state index contributed by atoms with van der Waals surface area (Å²) in [6.07, 6.45) is 5.57. The van der Waals surface area contributed by atoms with Gasteiger partial charge in [0.05, 0.1) is 6.04 Å². The molecule has 1 saturated heterocycles. The fourth-order valence-corrected chi connectivity index (χ4v) is 2.92. The Labute approximate surface area is 123 Å². The van der Waals surface area contributed by atoms with Gasteiger partial charge in [0, 0.05) is 29.5 Å². The monoisotopic (exact) mass is 286 g/mol. The molecule has 0 spiro atoms. The summed E-state index contributed by atoms with van der Waals surface area (Å²) in [5, 5.41) is 0.593. The van der Waals surface area contributed by atoms with Gasteiger partial charge < -0.3 is 4.90 Å². The van der Waals surface area contributed by atoms with Gasteiger partial charge in [0.15, 0.2) is 0 Å².